The van der Waals surface area contributed by atoms with Crippen LogP contribution in [0.3, 0.4) is 0 Å². The Bertz CT molecular complexity index is 3310. The van der Waals surface area contributed by atoms with E-state index in [1.54, 1.807) is 0 Å². The molecule has 2 heterocycles. The summed E-state index contributed by atoms with van der Waals surface area (Å²) in [6.45, 7) is 4.72. The molecule has 248 valence electrons. The molecule has 1 aliphatic carbocycles. The van der Waals surface area contributed by atoms with Crippen LogP contribution in [0.2, 0.25) is 0 Å². The quantitative estimate of drug-likeness (QED) is 0.157. The van der Waals surface area contributed by atoms with Crippen molar-refractivity contribution in [3.8, 4) is 33.4 Å². The summed E-state index contributed by atoms with van der Waals surface area (Å²) in [4.78, 5) is 0. The van der Waals surface area contributed by atoms with Crippen molar-refractivity contribution in [1.82, 2.24) is 0 Å². The Morgan fingerprint density at radius 3 is 1.70 bits per heavy atom. The van der Waals surface area contributed by atoms with E-state index in [1.165, 1.54) is 117 Å². The molecule has 0 aliphatic heterocycles. The van der Waals surface area contributed by atoms with Crippen molar-refractivity contribution in [3.63, 3.8) is 0 Å². The Morgan fingerprint density at radius 2 is 0.943 bits per heavy atom. The maximum atomic E-state index is 2.47. The number of benzene rings is 9. The van der Waals surface area contributed by atoms with E-state index in [1.807, 2.05) is 22.7 Å². The minimum absolute atomic E-state index is 0.0152. The molecule has 2 heteroatoms. The Morgan fingerprint density at radius 1 is 0.377 bits per heavy atom. The van der Waals surface area contributed by atoms with E-state index in [-0.39, 0.29) is 5.41 Å². The molecule has 0 spiro atoms. The third kappa shape index (κ3) is 4.00. The van der Waals surface area contributed by atoms with Gasteiger partial charge in [-0.25, -0.2) is 0 Å². The second-order valence-electron chi connectivity index (χ2n) is 15.2. The number of hydrogen-bond acceptors (Lipinski definition) is 2. The average molecular weight is 709 g/mol. The summed E-state index contributed by atoms with van der Waals surface area (Å²) in [5, 5.41) is 13.3. The van der Waals surface area contributed by atoms with Crippen molar-refractivity contribution in [2.75, 3.05) is 0 Å². The molecule has 11 aromatic rings. The van der Waals surface area contributed by atoms with Crippen molar-refractivity contribution < 1.29 is 0 Å². The molecule has 0 unspecified atom stereocenters. The van der Waals surface area contributed by atoms with Gasteiger partial charge in [-0.2, -0.15) is 0 Å². The van der Waals surface area contributed by atoms with Gasteiger partial charge < -0.3 is 0 Å². The lowest BCUT2D eigenvalue weighted by molar-refractivity contribution is 0.660. The zero-order valence-electron chi connectivity index (χ0n) is 29.3. The summed E-state index contributed by atoms with van der Waals surface area (Å²) in [6, 6.07) is 59.6. The molecule has 1 aliphatic rings. The van der Waals surface area contributed by atoms with Crippen LogP contribution in [0.15, 0.2) is 158 Å². The summed E-state index contributed by atoms with van der Waals surface area (Å²) >= 11 is 3.84. The molecule has 0 saturated carbocycles. The Kier molecular flexibility index (Phi) is 5.97. The summed E-state index contributed by atoms with van der Waals surface area (Å²) in [5.74, 6) is 0. The molecule has 0 bridgehead atoms. The monoisotopic (exact) mass is 708 g/mol. The van der Waals surface area contributed by atoms with Crippen LogP contribution in [0.5, 0.6) is 0 Å². The van der Waals surface area contributed by atoms with E-state index < -0.39 is 0 Å². The van der Waals surface area contributed by atoms with Crippen molar-refractivity contribution >= 4 is 95.3 Å². The second-order valence-corrected chi connectivity index (χ2v) is 17.3. The standard InChI is InChI=1S/C51H32S2/c1-51(2)41-17-9-7-11-32(41)39-27-30(20-24-42(39)51)46-33-12-3-5-14-35(33)47(36-15-6-4-13-34(36)46)31-22-25-44-40(28-31)37-23-19-29-21-26-45-49(48(29)50(37)53-44)38-16-8-10-18-43(38)52-45/h3-28H,1-2H3. The van der Waals surface area contributed by atoms with Gasteiger partial charge in [-0.3, -0.25) is 0 Å². The van der Waals surface area contributed by atoms with Crippen molar-refractivity contribution in [2.45, 2.75) is 19.3 Å². The van der Waals surface area contributed by atoms with Crippen LogP contribution in [-0.4, -0.2) is 0 Å². The van der Waals surface area contributed by atoms with Crippen LogP contribution >= 0.6 is 22.7 Å². The fraction of sp³-hybridized carbons (Fsp3) is 0.0588. The zero-order valence-corrected chi connectivity index (χ0v) is 31.0. The van der Waals surface area contributed by atoms with Gasteiger partial charge >= 0.3 is 0 Å². The maximum absolute atomic E-state index is 2.47. The molecular weight excluding hydrogens is 677 g/mol. The van der Waals surface area contributed by atoms with E-state index in [4.69, 9.17) is 0 Å². The van der Waals surface area contributed by atoms with Gasteiger partial charge in [0.15, 0.2) is 0 Å². The molecule has 0 amide bonds. The van der Waals surface area contributed by atoms with Crippen LogP contribution in [0, 0.1) is 0 Å². The smallest absolute Gasteiger partial charge is 0.0440 e. The van der Waals surface area contributed by atoms with E-state index in [0.29, 0.717) is 0 Å². The lowest BCUT2D eigenvalue weighted by Gasteiger charge is -2.22. The molecule has 9 aromatic carbocycles. The van der Waals surface area contributed by atoms with E-state index in [0.717, 1.165) is 0 Å². The number of rotatable bonds is 2. The molecule has 0 saturated heterocycles. The number of thiophene rings is 2. The minimum atomic E-state index is -0.0152. The highest BCUT2D eigenvalue weighted by molar-refractivity contribution is 7.28. The number of fused-ring (bicyclic) bond motifs is 14. The van der Waals surface area contributed by atoms with Gasteiger partial charge in [0.25, 0.3) is 0 Å². The van der Waals surface area contributed by atoms with Gasteiger partial charge in [-0.15, -0.1) is 22.7 Å². The number of hydrogen-bond donors (Lipinski definition) is 0. The second kappa shape index (κ2) is 10.6. The molecule has 12 rings (SSSR count). The first-order chi connectivity index (χ1) is 26.0. The van der Waals surface area contributed by atoms with Crippen LogP contribution < -0.4 is 0 Å². The largest absolute Gasteiger partial charge is 0.135 e. The molecule has 0 fully saturated rings. The van der Waals surface area contributed by atoms with Crippen LogP contribution in [0.4, 0.5) is 0 Å². The first-order valence-corrected chi connectivity index (χ1v) is 20.1. The predicted octanol–water partition coefficient (Wildman–Crippen LogP) is 15.5. The van der Waals surface area contributed by atoms with E-state index >= 15 is 0 Å². The summed E-state index contributed by atoms with van der Waals surface area (Å²) < 4.78 is 5.43. The van der Waals surface area contributed by atoms with Gasteiger partial charge in [0.2, 0.25) is 0 Å². The average Bonchev–Trinajstić information content (AvgIpc) is 3.84. The van der Waals surface area contributed by atoms with Gasteiger partial charge in [-0.05, 0) is 102 Å². The van der Waals surface area contributed by atoms with E-state index in [2.05, 4.69) is 172 Å². The topological polar surface area (TPSA) is 0 Å². The van der Waals surface area contributed by atoms with Gasteiger partial charge in [0.05, 0.1) is 0 Å². The summed E-state index contributed by atoms with van der Waals surface area (Å²) in [7, 11) is 0. The molecular formula is C51H32S2. The van der Waals surface area contributed by atoms with Gasteiger partial charge in [0.1, 0.15) is 0 Å². The molecule has 2 aromatic heterocycles. The van der Waals surface area contributed by atoms with Crippen LogP contribution in [-0.2, 0) is 5.41 Å². The van der Waals surface area contributed by atoms with Crippen molar-refractivity contribution in [2.24, 2.45) is 0 Å². The van der Waals surface area contributed by atoms with Crippen molar-refractivity contribution in [1.29, 1.82) is 0 Å². The molecule has 0 radical (unpaired) electrons. The Balaban J connectivity index is 1.12. The van der Waals surface area contributed by atoms with Gasteiger partial charge in [0, 0.05) is 51.1 Å². The predicted molar refractivity (Wildman–Crippen MR) is 233 cm³/mol. The SMILES string of the molecule is CC1(C)c2ccccc2-c2cc(-c3c4ccccc4c(-c4ccc5sc6c(ccc7ccc8sc9ccccc9c8c76)c5c4)c4ccccc34)ccc21. The molecule has 0 atom stereocenters. The molecule has 53 heavy (non-hydrogen) atoms. The highest BCUT2D eigenvalue weighted by Gasteiger charge is 2.35. The van der Waals surface area contributed by atoms with Crippen LogP contribution in [0.1, 0.15) is 25.0 Å². The highest BCUT2D eigenvalue weighted by atomic mass is 32.1. The van der Waals surface area contributed by atoms with E-state index in [9.17, 15) is 0 Å². The fourth-order valence-corrected chi connectivity index (χ4v) is 12.0. The van der Waals surface area contributed by atoms with Crippen molar-refractivity contribution in [3.05, 3.63) is 169 Å². The minimum Gasteiger partial charge on any atom is -0.135 e. The Hall–Kier alpha value is -5.80. The maximum Gasteiger partial charge on any atom is 0.0440 e. The summed E-state index contributed by atoms with van der Waals surface area (Å²) in [6.07, 6.45) is 0. The first-order valence-electron chi connectivity index (χ1n) is 18.4. The lowest BCUT2D eigenvalue weighted by Crippen LogP contribution is -2.14. The zero-order chi connectivity index (χ0) is 35.0. The molecule has 0 N–H and O–H groups in total. The summed E-state index contributed by atoms with van der Waals surface area (Å²) in [5.41, 5.74) is 10.7. The third-order valence-corrected chi connectivity index (χ3v) is 14.4. The fourth-order valence-electron chi connectivity index (χ4n) is 9.64. The highest BCUT2D eigenvalue weighted by Crippen LogP contribution is 2.52. The van der Waals surface area contributed by atoms with Gasteiger partial charge in [-0.1, -0.05) is 141 Å². The third-order valence-electron chi connectivity index (χ3n) is 12.1. The lowest BCUT2D eigenvalue weighted by atomic mass is 9.81. The normalized spacial score (nSPS) is 13.6. The molecule has 0 nitrogen and oxygen atoms in total. The Labute approximate surface area is 315 Å². The first kappa shape index (κ1) is 29.7. The van der Waals surface area contributed by atoms with Crippen LogP contribution in [0.25, 0.3) is 106 Å².